The van der Waals surface area contributed by atoms with Crippen molar-refractivity contribution in [2.75, 3.05) is 11.6 Å². The Hall–Kier alpha value is -2.67. The quantitative estimate of drug-likeness (QED) is 0.604. The van der Waals surface area contributed by atoms with E-state index in [1.165, 1.54) is 23.9 Å². The van der Waals surface area contributed by atoms with Crippen LogP contribution in [0.3, 0.4) is 0 Å². The fourth-order valence-corrected chi connectivity index (χ4v) is 3.29. The van der Waals surface area contributed by atoms with Crippen LogP contribution in [-0.4, -0.2) is 27.1 Å². The molecule has 138 valence electrons. The molecule has 1 aromatic carbocycles. The lowest BCUT2D eigenvalue weighted by molar-refractivity contribution is -0.116. The Bertz CT molecular complexity index is 966. The number of anilines is 1. The van der Waals surface area contributed by atoms with Gasteiger partial charge in [-0.1, -0.05) is 11.8 Å². The van der Waals surface area contributed by atoms with Gasteiger partial charge in [0, 0.05) is 23.7 Å². The van der Waals surface area contributed by atoms with Gasteiger partial charge in [0.05, 0.1) is 11.4 Å². The van der Waals surface area contributed by atoms with Crippen molar-refractivity contribution in [1.82, 2.24) is 15.0 Å². The van der Waals surface area contributed by atoms with Gasteiger partial charge in [-0.3, -0.25) is 4.79 Å². The molecule has 3 aromatic rings. The van der Waals surface area contributed by atoms with Crippen LogP contribution in [0.15, 0.2) is 47.8 Å². The first kappa shape index (κ1) is 17.7. The number of H-pyrrole nitrogens is 1. The highest BCUT2D eigenvalue weighted by atomic mass is 32.2. The number of nitrogens with zero attached hydrogens (tertiary/aromatic N) is 2. The average Bonchev–Trinajstić information content (AvgIpc) is 3.37. The molecule has 5 nitrogen and oxygen atoms in total. The van der Waals surface area contributed by atoms with E-state index in [2.05, 4.69) is 20.3 Å². The first-order chi connectivity index (χ1) is 13.1. The number of imidazole rings is 1. The molecule has 0 bridgehead atoms. The number of pyridine rings is 1. The third-order valence-corrected chi connectivity index (χ3v) is 5.06. The molecule has 27 heavy (non-hydrogen) atoms. The number of amides is 1. The van der Waals surface area contributed by atoms with Gasteiger partial charge in [0.1, 0.15) is 11.6 Å². The number of aromatic amines is 1. The molecule has 0 atom stereocenters. The van der Waals surface area contributed by atoms with Crippen LogP contribution in [0.2, 0.25) is 0 Å². The summed E-state index contributed by atoms with van der Waals surface area (Å²) in [5, 5.41) is 3.63. The highest BCUT2D eigenvalue weighted by Gasteiger charge is 2.24. The Balaban J connectivity index is 1.66. The zero-order valence-electron chi connectivity index (χ0n) is 14.8. The summed E-state index contributed by atoms with van der Waals surface area (Å²) in [5.74, 6) is 0.743. The van der Waals surface area contributed by atoms with Gasteiger partial charge in [0.2, 0.25) is 5.91 Å². The number of hydrogen-bond acceptors (Lipinski definition) is 4. The van der Waals surface area contributed by atoms with Crippen LogP contribution >= 0.6 is 11.8 Å². The minimum absolute atomic E-state index is 0.00672. The van der Waals surface area contributed by atoms with Crippen molar-refractivity contribution in [3.8, 4) is 22.5 Å². The number of carbonyl (C=O) groups excluding carboxylic acids is 1. The van der Waals surface area contributed by atoms with E-state index in [0.717, 1.165) is 40.5 Å². The van der Waals surface area contributed by atoms with E-state index in [9.17, 15) is 9.18 Å². The molecular formula is C20H19FN4OS. The van der Waals surface area contributed by atoms with E-state index < -0.39 is 0 Å². The Labute approximate surface area is 160 Å². The summed E-state index contributed by atoms with van der Waals surface area (Å²) in [6, 6.07) is 9.96. The molecule has 1 aliphatic carbocycles. The maximum atomic E-state index is 13.3. The minimum atomic E-state index is -0.283. The molecule has 0 radical (unpaired) electrons. The number of carbonyl (C=O) groups is 1. The van der Waals surface area contributed by atoms with Crippen LogP contribution in [0.5, 0.6) is 0 Å². The van der Waals surface area contributed by atoms with Crippen molar-refractivity contribution in [3.05, 3.63) is 48.4 Å². The third-order valence-electron chi connectivity index (χ3n) is 4.48. The third kappa shape index (κ3) is 4.19. The SMILES string of the molecule is CSc1nc(-c2ccnc(NC(=O)CC3CC3)c2)c(-c2ccc(F)cc2)[nH]1. The first-order valence-corrected chi connectivity index (χ1v) is 10.0. The topological polar surface area (TPSA) is 70.7 Å². The minimum Gasteiger partial charge on any atom is -0.332 e. The summed E-state index contributed by atoms with van der Waals surface area (Å²) < 4.78 is 13.3. The Kier molecular flexibility index (Phi) is 4.94. The second-order valence-corrected chi connectivity index (χ2v) is 7.40. The molecule has 1 saturated carbocycles. The Morgan fingerprint density at radius 2 is 2.04 bits per heavy atom. The average molecular weight is 382 g/mol. The van der Waals surface area contributed by atoms with Crippen molar-refractivity contribution in [3.63, 3.8) is 0 Å². The normalized spacial score (nSPS) is 13.6. The van der Waals surface area contributed by atoms with Gasteiger partial charge < -0.3 is 10.3 Å². The number of aromatic nitrogens is 3. The predicted molar refractivity (Wildman–Crippen MR) is 105 cm³/mol. The lowest BCUT2D eigenvalue weighted by Crippen LogP contribution is -2.12. The number of halogens is 1. The molecule has 7 heteroatoms. The van der Waals surface area contributed by atoms with Gasteiger partial charge in [0.25, 0.3) is 0 Å². The van der Waals surface area contributed by atoms with Crippen LogP contribution in [-0.2, 0) is 4.79 Å². The van der Waals surface area contributed by atoms with Crippen molar-refractivity contribution >= 4 is 23.5 Å². The summed E-state index contributed by atoms with van der Waals surface area (Å²) >= 11 is 1.50. The van der Waals surface area contributed by atoms with Gasteiger partial charge in [-0.25, -0.2) is 14.4 Å². The molecule has 2 aromatic heterocycles. The summed E-state index contributed by atoms with van der Waals surface area (Å²) in [6.45, 7) is 0. The van der Waals surface area contributed by atoms with Crippen LogP contribution in [0.4, 0.5) is 10.2 Å². The fourth-order valence-electron chi connectivity index (χ4n) is 2.91. The molecule has 1 aliphatic rings. The summed E-state index contributed by atoms with van der Waals surface area (Å²) in [5.41, 5.74) is 3.23. The number of benzene rings is 1. The van der Waals surface area contributed by atoms with Crippen molar-refractivity contribution in [2.45, 2.75) is 24.4 Å². The van der Waals surface area contributed by atoms with E-state index in [0.29, 0.717) is 18.2 Å². The molecule has 2 N–H and O–H groups in total. The van der Waals surface area contributed by atoms with Gasteiger partial charge in [0.15, 0.2) is 5.16 Å². The maximum Gasteiger partial charge on any atom is 0.225 e. The number of nitrogens with one attached hydrogen (secondary N) is 2. The molecule has 0 unspecified atom stereocenters. The molecular weight excluding hydrogens is 363 g/mol. The Morgan fingerprint density at radius 1 is 1.26 bits per heavy atom. The summed E-state index contributed by atoms with van der Waals surface area (Å²) in [7, 11) is 0. The standard InChI is InChI=1S/C20H19FN4OS/c1-27-20-24-18(13-4-6-15(21)7-5-13)19(25-20)14-8-9-22-16(11-14)23-17(26)10-12-2-3-12/h4-9,11-12H,2-3,10H2,1H3,(H,24,25)(H,22,23,26). The summed E-state index contributed by atoms with van der Waals surface area (Å²) in [6.07, 6.45) is 6.40. The van der Waals surface area contributed by atoms with Crippen molar-refractivity contribution in [1.29, 1.82) is 0 Å². The monoisotopic (exact) mass is 382 g/mol. The maximum absolute atomic E-state index is 13.3. The van der Waals surface area contributed by atoms with Gasteiger partial charge >= 0.3 is 0 Å². The van der Waals surface area contributed by atoms with Crippen molar-refractivity contribution in [2.24, 2.45) is 5.92 Å². The zero-order valence-corrected chi connectivity index (χ0v) is 15.6. The van der Waals surface area contributed by atoms with E-state index in [-0.39, 0.29) is 11.7 Å². The summed E-state index contributed by atoms with van der Waals surface area (Å²) in [4.78, 5) is 24.3. The van der Waals surface area contributed by atoms with Crippen LogP contribution < -0.4 is 5.32 Å². The van der Waals surface area contributed by atoms with Gasteiger partial charge in [-0.15, -0.1) is 0 Å². The van der Waals surface area contributed by atoms with Gasteiger partial charge in [-0.05, 0) is 61.4 Å². The van der Waals surface area contributed by atoms with E-state index in [4.69, 9.17) is 0 Å². The zero-order chi connectivity index (χ0) is 18.8. The molecule has 4 rings (SSSR count). The molecule has 1 amide bonds. The highest BCUT2D eigenvalue weighted by molar-refractivity contribution is 7.98. The highest BCUT2D eigenvalue weighted by Crippen LogP contribution is 2.34. The van der Waals surface area contributed by atoms with E-state index >= 15 is 0 Å². The van der Waals surface area contributed by atoms with Crippen LogP contribution in [0.1, 0.15) is 19.3 Å². The van der Waals surface area contributed by atoms with E-state index in [1.807, 2.05) is 18.4 Å². The lowest BCUT2D eigenvalue weighted by Gasteiger charge is -2.07. The van der Waals surface area contributed by atoms with Crippen molar-refractivity contribution < 1.29 is 9.18 Å². The number of hydrogen-bond donors (Lipinski definition) is 2. The van der Waals surface area contributed by atoms with Gasteiger partial charge in [-0.2, -0.15) is 0 Å². The molecule has 1 fully saturated rings. The second-order valence-electron chi connectivity index (χ2n) is 6.60. The molecule has 0 aliphatic heterocycles. The fraction of sp³-hybridized carbons (Fsp3) is 0.250. The Morgan fingerprint density at radius 3 is 2.74 bits per heavy atom. The largest absolute Gasteiger partial charge is 0.332 e. The molecule has 0 saturated heterocycles. The lowest BCUT2D eigenvalue weighted by atomic mass is 10.1. The van der Waals surface area contributed by atoms with Crippen LogP contribution in [0.25, 0.3) is 22.5 Å². The molecule has 0 spiro atoms. The molecule has 2 heterocycles. The van der Waals surface area contributed by atoms with E-state index in [1.54, 1.807) is 18.3 Å². The number of thioether (sulfide) groups is 1. The van der Waals surface area contributed by atoms with Crippen LogP contribution in [0, 0.1) is 11.7 Å². The number of rotatable bonds is 6. The first-order valence-electron chi connectivity index (χ1n) is 8.78. The smallest absolute Gasteiger partial charge is 0.225 e. The predicted octanol–water partition coefficient (Wildman–Crippen LogP) is 4.74. The second kappa shape index (κ2) is 7.52.